The van der Waals surface area contributed by atoms with E-state index in [-0.39, 0.29) is 59.3 Å². The second-order valence-electron chi connectivity index (χ2n) is 10.8. The smallest absolute Gasteiger partial charge is 0.348 e. The molecule has 0 bridgehead atoms. The Bertz CT molecular complexity index is 1640. The minimum Gasteiger partial charge on any atom is -0.507 e. The van der Waals surface area contributed by atoms with Crippen LogP contribution in [0.25, 0.3) is 16.5 Å². The minimum atomic E-state index is -1.04. The van der Waals surface area contributed by atoms with E-state index in [4.69, 9.17) is 9.15 Å². The van der Waals surface area contributed by atoms with Crippen molar-refractivity contribution in [1.29, 1.82) is 0 Å². The average Bonchev–Trinajstić information content (AvgIpc) is 2.88. The number of carbonyl (C=O) groups is 2. The number of fused-ring (bicyclic) bond motifs is 1. The van der Waals surface area contributed by atoms with Crippen LogP contribution in [0.3, 0.4) is 0 Å². The predicted molar refractivity (Wildman–Crippen MR) is 160 cm³/mol. The lowest BCUT2D eigenvalue weighted by Gasteiger charge is -2.22. The van der Waals surface area contributed by atoms with Crippen molar-refractivity contribution < 1.29 is 34.1 Å². The molecule has 3 N–H and O–H groups in total. The maximum atomic E-state index is 13.6. The lowest BCUT2D eigenvalue weighted by Crippen LogP contribution is -2.27. The summed E-state index contributed by atoms with van der Waals surface area (Å²) in [4.78, 5) is 40.1. The van der Waals surface area contributed by atoms with Crippen LogP contribution in [0.4, 0.5) is 0 Å². The zero-order valence-electron chi connectivity index (χ0n) is 24.9. The molecule has 0 spiro atoms. The Kier molecular flexibility index (Phi) is 9.48. The van der Waals surface area contributed by atoms with Crippen molar-refractivity contribution in [1.82, 2.24) is 0 Å². The summed E-state index contributed by atoms with van der Waals surface area (Å²) in [5.41, 5.74) is 1.22. The molecule has 0 amide bonds. The van der Waals surface area contributed by atoms with E-state index in [9.17, 15) is 29.7 Å². The lowest BCUT2D eigenvalue weighted by molar-refractivity contribution is -0.132. The van der Waals surface area contributed by atoms with Crippen molar-refractivity contribution >= 4 is 28.1 Å². The Hall–Kier alpha value is -4.33. The van der Waals surface area contributed by atoms with E-state index in [2.05, 4.69) is 0 Å². The summed E-state index contributed by atoms with van der Waals surface area (Å²) in [6.45, 7) is 14.7. The summed E-state index contributed by atoms with van der Waals surface area (Å²) in [5.74, 6) is -3.06. The van der Waals surface area contributed by atoms with Gasteiger partial charge >= 0.3 is 5.63 Å². The molecule has 1 aliphatic rings. The molecule has 1 aromatic heterocycles. The van der Waals surface area contributed by atoms with E-state index in [0.717, 1.165) is 16.7 Å². The fourth-order valence-electron chi connectivity index (χ4n) is 4.69. The van der Waals surface area contributed by atoms with Gasteiger partial charge < -0.3 is 24.5 Å². The number of benzene rings is 1. The molecule has 3 rings (SSSR count). The van der Waals surface area contributed by atoms with E-state index >= 15 is 0 Å². The molecule has 8 nitrogen and oxygen atoms in total. The van der Waals surface area contributed by atoms with Gasteiger partial charge in [-0.05, 0) is 74.7 Å². The number of phenolic OH excluding ortho intramolecular Hbond substituents is 1. The largest absolute Gasteiger partial charge is 0.507 e. The monoisotopic (exact) mass is 562 g/mol. The third-order valence-electron chi connectivity index (χ3n) is 6.84. The quantitative estimate of drug-likeness (QED) is 0.131. The van der Waals surface area contributed by atoms with Crippen LogP contribution < -0.4 is 10.4 Å². The second-order valence-corrected chi connectivity index (χ2v) is 10.8. The first-order chi connectivity index (χ1) is 19.2. The van der Waals surface area contributed by atoms with E-state index in [1.54, 1.807) is 39.8 Å². The molecular weight excluding hydrogens is 524 g/mol. The molecule has 2 aromatic rings. The number of phenols is 1. The van der Waals surface area contributed by atoms with E-state index in [0.29, 0.717) is 16.9 Å². The molecule has 0 aliphatic heterocycles. The van der Waals surface area contributed by atoms with Crippen LogP contribution >= 0.6 is 0 Å². The summed E-state index contributed by atoms with van der Waals surface area (Å²) in [6.07, 6.45) is 5.43. The summed E-state index contributed by atoms with van der Waals surface area (Å²) in [7, 11) is 0. The van der Waals surface area contributed by atoms with Crippen LogP contribution in [0.2, 0.25) is 0 Å². The van der Waals surface area contributed by atoms with E-state index in [1.807, 2.05) is 33.8 Å². The van der Waals surface area contributed by atoms with Gasteiger partial charge in [0.15, 0.2) is 5.58 Å². The molecule has 218 valence electrons. The highest BCUT2D eigenvalue weighted by Gasteiger charge is 2.38. The average molecular weight is 563 g/mol. The van der Waals surface area contributed by atoms with Gasteiger partial charge in [-0.2, -0.15) is 0 Å². The minimum absolute atomic E-state index is 0.0488. The van der Waals surface area contributed by atoms with Crippen molar-refractivity contribution in [3.05, 3.63) is 79.0 Å². The van der Waals surface area contributed by atoms with Gasteiger partial charge in [-0.15, -0.1) is 0 Å². The van der Waals surface area contributed by atoms with Crippen LogP contribution in [0.5, 0.6) is 17.2 Å². The molecule has 0 saturated heterocycles. The van der Waals surface area contributed by atoms with Gasteiger partial charge in [0.05, 0.1) is 6.61 Å². The van der Waals surface area contributed by atoms with Crippen LogP contribution in [0.15, 0.2) is 61.1 Å². The molecule has 0 radical (unpaired) electrons. The molecule has 0 saturated carbocycles. The number of ketones is 2. The van der Waals surface area contributed by atoms with Crippen LogP contribution in [-0.4, -0.2) is 33.5 Å². The lowest BCUT2D eigenvalue weighted by atomic mass is 9.82. The van der Waals surface area contributed by atoms with Crippen molar-refractivity contribution in [3.8, 4) is 17.2 Å². The van der Waals surface area contributed by atoms with Gasteiger partial charge in [0.2, 0.25) is 11.6 Å². The molecule has 1 aromatic carbocycles. The normalized spacial score (nSPS) is 13.6. The number of ether oxygens (including phenoxy) is 1. The Morgan fingerprint density at radius 2 is 1.29 bits per heavy atom. The number of aliphatic hydroxyl groups excluding tert-OH is 1. The topological polar surface area (TPSA) is 134 Å². The summed E-state index contributed by atoms with van der Waals surface area (Å²) in [6, 6.07) is 0. The standard InChI is InChI=1S/C33H38O8/c1-9-40-31-19(8)26(34)25-30(38)24(33(39)41-32(25)22(31)15-12-18(6)7)23-20(13-10-16(2)3)28(36)29(37)21(27(23)35)14-11-17(4)5/h10-12,34-35,38H,9,13-15H2,1-8H3. The SMILES string of the molecule is CCOc1c(C)c(O)c2c(O)c(C3=C(CC=C(C)C)C(=O)C(=O)C(CC=C(C)C)=C3O)c(=O)oc2c1CC=C(C)C. The number of carbonyl (C=O) groups excluding carboxylic acids is 2. The maximum Gasteiger partial charge on any atom is 0.348 e. The zero-order valence-corrected chi connectivity index (χ0v) is 24.9. The molecule has 1 aliphatic carbocycles. The number of rotatable bonds is 9. The zero-order chi connectivity index (χ0) is 30.8. The van der Waals surface area contributed by atoms with Gasteiger partial charge in [0.1, 0.15) is 34.0 Å². The first-order valence-electron chi connectivity index (χ1n) is 13.5. The van der Waals surface area contributed by atoms with Crippen molar-refractivity contribution in [2.24, 2.45) is 0 Å². The van der Waals surface area contributed by atoms with Gasteiger partial charge in [-0.1, -0.05) is 34.9 Å². The summed E-state index contributed by atoms with van der Waals surface area (Å²) >= 11 is 0. The number of Topliss-reactive ketones (excluding diaryl/α,β-unsaturated/α-hetero) is 2. The number of allylic oxidation sites excluding steroid dienone is 9. The van der Waals surface area contributed by atoms with E-state index < -0.39 is 34.3 Å². The van der Waals surface area contributed by atoms with Crippen molar-refractivity contribution in [2.75, 3.05) is 6.61 Å². The first-order valence-corrected chi connectivity index (χ1v) is 13.5. The van der Waals surface area contributed by atoms with Crippen LogP contribution in [0.1, 0.15) is 78.0 Å². The molecule has 0 unspecified atom stereocenters. The third kappa shape index (κ3) is 6.06. The highest BCUT2D eigenvalue weighted by molar-refractivity contribution is 6.52. The van der Waals surface area contributed by atoms with Gasteiger partial charge in [0.25, 0.3) is 0 Å². The second kappa shape index (κ2) is 12.5. The molecule has 1 heterocycles. The number of aromatic hydroxyl groups is 2. The Labute approximate surface area is 239 Å². The third-order valence-corrected chi connectivity index (χ3v) is 6.84. The fraction of sp³-hybridized carbons (Fsp3) is 0.364. The van der Waals surface area contributed by atoms with Crippen molar-refractivity contribution in [2.45, 2.75) is 74.7 Å². The first kappa shape index (κ1) is 31.2. The Morgan fingerprint density at radius 1 is 0.780 bits per heavy atom. The summed E-state index contributed by atoms with van der Waals surface area (Å²) in [5, 5.41) is 34.1. The number of aliphatic hydroxyl groups is 1. The van der Waals surface area contributed by atoms with E-state index in [1.165, 1.54) is 0 Å². The van der Waals surface area contributed by atoms with Crippen molar-refractivity contribution in [3.63, 3.8) is 0 Å². The van der Waals surface area contributed by atoms with Gasteiger partial charge in [-0.25, -0.2) is 4.79 Å². The molecule has 0 atom stereocenters. The number of hydrogen-bond donors (Lipinski definition) is 3. The highest BCUT2D eigenvalue weighted by Crippen LogP contribution is 2.47. The highest BCUT2D eigenvalue weighted by atomic mass is 16.5. The maximum absolute atomic E-state index is 13.6. The molecule has 8 heteroatoms. The predicted octanol–water partition coefficient (Wildman–Crippen LogP) is 6.85. The Balaban J connectivity index is 2.53. The Morgan fingerprint density at radius 3 is 1.83 bits per heavy atom. The summed E-state index contributed by atoms with van der Waals surface area (Å²) < 4.78 is 11.6. The van der Waals surface area contributed by atoms with Crippen LogP contribution in [0, 0.1) is 6.92 Å². The fourth-order valence-corrected chi connectivity index (χ4v) is 4.69. The van der Waals surface area contributed by atoms with Gasteiger partial charge in [-0.3, -0.25) is 9.59 Å². The van der Waals surface area contributed by atoms with Crippen LogP contribution in [-0.2, 0) is 16.0 Å². The van der Waals surface area contributed by atoms with Gasteiger partial charge in [0, 0.05) is 27.8 Å². The number of hydrogen-bond acceptors (Lipinski definition) is 8. The molecule has 0 fully saturated rings. The molecular formula is C33H38O8. The molecule has 41 heavy (non-hydrogen) atoms.